The molecule has 0 amide bonds. The summed E-state index contributed by atoms with van der Waals surface area (Å²) in [6, 6.07) is 0. The molecule has 0 radical (unpaired) electrons. The Kier molecular flexibility index (Phi) is 6.49. The van der Waals surface area contributed by atoms with Gasteiger partial charge in [0, 0.05) is 10.2 Å². The standard InChI is InChI=1S/C9H14BrIO/c1-8(10)3-4-9(2,7-12)5-6-11/h3-6,8,12H,7H2,1-2H3/b4-3-,6-5-/t8-,9-/m0/s1. The summed E-state index contributed by atoms with van der Waals surface area (Å²) in [6.45, 7) is 4.18. The summed E-state index contributed by atoms with van der Waals surface area (Å²) in [6.07, 6.45) is 6.04. The summed E-state index contributed by atoms with van der Waals surface area (Å²) >= 11 is 5.57. The molecule has 0 aliphatic carbocycles. The van der Waals surface area contributed by atoms with Gasteiger partial charge in [0.05, 0.1) is 6.61 Å². The Morgan fingerprint density at radius 2 is 2.17 bits per heavy atom. The summed E-state index contributed by atoms with van der Waals surface area (Å²) in [5.74, 6) is 0. The van der Waals surface area contributed by atoms with Gasteiger partial charge in [-0.3, -0.25) is 0 Å². The Morgan fingerprint density at radius 1 is 1.58 bits per heavy atom. The molecule has 0 aromatic heterocycles. The van der Waals surface area contributed by atoms with Crippen LogP contribution in [0.3, 0.4) is 0 Å². The number of halogens is 2. The average molecular weight is 345 g/mol. The smallest absolute Gasteiger partial charge is 0.0554 e. The quantitative estimate of drug-likeness (QED) is 0.471. The molecule has 0 heterocycles. The highest BCUT2D eigenvalue weighted by molar-refractivity contribution is 14.1. The van der Waals surface area contributed by atoms with Gasteiger partial charge in [-0.05, 0) is 11.0 Å². The van der Waals surface area contributed by atoms with Gasteiger partial charge in [-0.2, -0.15) is 0 Å². The fraction of sp³-hybridized carbons (Fsp3) is 0.556. The lowest BCUT2D eigenvalue weighted by Gasteiger charge is -2.17. The van der Waals surface area contributed by atoms with Crippen molar-refractivity contribution in [1.82, 2.24) is 0 Å². The molecule has 0 aliphatic rings. The molecule has 1 nitrogen and oxygen atoms in total. The first-order valence-electron chi connectivity index (χ1n) is 3.76. The molecule has 1 N–H and O–H groups in total. The van der Waals surface area contributed by atoms with Gasteiger partial charge in [-0.1, -0.05) is 63.7 Å². The van der Waals surface area contributed by atoms with Crippen LogP contribution in [0.1, 0.15) is 13.8 Å². The van der Waals surface area contributed by atoms with Crippen LogP contribution in [-0.2, 0) is 0 Å². The van der Waals surface area contributed by atoms with Crippen LogP contribution in [0.4, 0.5) is 0 Å². The molecule has 0 saturated carbocycles. The second-order valence-electron chi connectivity index (χ2n) is 2.99. The largest absolute Gasteiger partial charge is 0.395 e. The summed E-state index contributed by atoms with van der Waals surface area (Å²) in [5, 5.41) is 9.11. The van der Waals surface area contributed by atoms with Crippen LogP contribution < -0.4 is 0 Å². The third-order valence-corrected chi connectivity index (χ3v) is 2.19. The predicted molar refractivity (Wildman–Crippen MR) is 65.9 cm³/mol. The Balaban J connectivity index is 4.33. The van der Waals surface area contributed by atoms with Gasteiger partial charge in [-0.25, -0.2) is 0 Å². The average Bonchev–Trinajstić information content (AvgIpc) is 2.02. The fourth-order valence-electron chi connectivity index (χ4n) is 0.657. The maximum atomic E-state index is 9.11. The molecule has 0 bridgehead atoms. The van der Waals surface area contributed by atoms with E-state index in [1.807, 2.05) is 36.2 Å². The Bertz CT molecular complexity index is 177. The highest BCUT2D eigenvalue weighted by Gasteiger charge is 2.14. The summed E-state index contributed by atoms with van der Waals surface area (Å²) < 4.78 is 1.93. The molecule has 0 spiro atoms. The van der Waals surface area contributed by atoms with Crippen molar-refractivity contribution in [3.05, 3.63) is 22.3 Å². The minimum absolute atomic E-state index is 0.142. The van der Waals surface area contributed by atoms with Crippen LogP contribution in [0.15, 0.2) is 22.3 Å². The van der Waals surface area contributed by atoms with E-state index in [0.29, 0.717) is 4.83 Å². The number of aliphatic hydroxyl groups is 1. The van der Waals surface area contributed by atoms with E-state index in [1.54, 1.807) is 0 Å². The van der Waals surface area contributed by atoms with Crippen LogP contribution in [-0.4, -0.2) is 16.5 Å². The zero-order valence-electron chi connectivity index (χ0n) is 7.30. The van der Waals surface area contributed by atoms with E-state index in [1.165, 1.54) is 0 Å². The minimum atomic E-state index is -0.219. The lowest BCUT2D eigenvalue weighted by atomic mass is 9.91. The second-order valence-corrected chi connectivity index (χ2v) is 5.16. The SMILES string of the molecule is C[C@H](Br)/C=C\[C@@](C)(/C=C\I)CO. The van der Waals surface area contributed by atoms with E-state index in [4.69, 9.17) is 5.11 Å². The molecule has 0 aromatic rings. The van der Waals surface area contributed by atoms with Gasteiger partial charge in [-0.15, -0.1) is 0 Å². The molecular formula is C9H14BrIO. The van der Waals surface area contributed by atoms with Crippen molar-refractivity contribution in [2.75, 3.05) is 6.61 Å². The molecule has 0 aromatic carbocycles. The van der Waals surface area contributed by atoms with Crippen LogP contribution >= 0.6 is 38.5 Å². The van der Waals surface area contributed by atoms with Crippen molar-refractivity contribution in [3.63, 3.8) is 0 Å². The number of hydrogen-bond acceptors (Lipinski definition) is 1. The fourth-order valence-corrected chi connectivity index (χ4v) is 1.63. The lowest BCUT2D eigenvalue weighted by molar-refractivity contribution is 0.220. The molecule has 0 aliphatic heterocycles. The van der Waals surface area contributed by atoms with E-state index in [-0.39, 0.29) is 12.0 Å². The van der Waals surface area contributed by atoms with E-state index >= 15 is 0 Å². The Morgan fingerprint density at radius 3 is 2.50 bits per heavy atom. The van der Waals surface area contributed by atoms with Gasteiger partial charge in [0.1, 0.15) is 0 Å². The molecule has 0 unspecified atom stereocenters. The third kappa shape index (κ3) is 5.32. The molecular weight excluding hydrogens is 331 g/mol. The number of hydrogen-bond donors (Lipinski definition) is 1. The first kappa shape index (κ1) is 12.7. The molecule has 0 rings (SSSR count). The third-order valence-electron chi connectivity index (χ3n) is 1.53. The van der Waals surface area contributed by atoms with E-state index < -0.39 is 0 Å². The zero-order valence-corrected chi connectivity index (χ0v) is 11.0. The topological polar surface area (TPSA) is 20.2 Å². The van der Waals surface area contributed by atoms with Crippen molar-refractivity contribution in [2.24, 2.45) is 5.41 Å². The lowest BCUT2D eigenvalue weighted by Crippen LogP contribution is -2.15. The van der Waals surface area contributed by atoms with E-state index in [9.17, 15) is 0 Å². The summed E-state index contributed by atoms with van der Waals surface area (Å²) in [4.78, 5) is 0.353. The summed E-state index contributed by atoms with van der Waals surface area (Å²) in [5.41, 5.74) is -0.219. The van der Waals surface area contributed by atoms with Gasteiger partial charge >= 0.3 is 0 Å². The zero-order chi connectivity index (χ0) is 9.61. The molecule has 0 fully saturated rings. The monoisotopic (exact) mass is 344 g/mol. The first-order chi connectivity index (χ1) is 5.54. The van der Waals surface area contributed by atoms with Crippen molar-refractivity contribution < 1.29 is 5.11 Å². The van der Waals surface area contributed by atoms with Crippen molar-refractivity contribution in [1.29, 1.82) is 0 Å². The van der Waals surface area contributed by atoms with Crippen molar-refractivity contribution >= 4 is 38.5 Å². The molecule has 2 atom stereocenters. The van der Waals surface area contributed by atoms with Crippen LogP contribution in [0.5, 0.6) is 0 Å². The normalized spacial score (nSPS) is 20.1. The van der Waals surface area contributed by atoms with Crippen LogP contribution in [0.25, 0.3) is 0 Å². The van der Waals surface area contributed by atoms with Gasteiger partial charge in [0.25, 0.3) is 0 Å². The molecule has 0 saturated heterocycles. The summed E-state index contributed by atoms with van der Waals surface area (Å²) in [7, 11) is 0. The number of alkyl halides is 1. The molecule has 12 heavy (non-hydrogen) atoms. The van der Waals surface area contributed by atoms with E-state index in [0.717, 1.165) is 0 Å². The van der Waals surface area contributed by atoms with Gasteiger partial charge in [0.15, 0.2) is 0 Å². The minimum Gasteiger partial charge on any atom is -0.395 e. The highest BCUT2D eigenvalue weighted by Crippen LogP contribution is 2.21. The second kappa shape index (κ2) is 6.16. The van der Waals surface area contributed by atoms with E-state index in [2.05, 4.69) is 38.5 Å². The molecule has 70 valence electrons. The van der Waals surface area contributed by atoms with Crippen molar-refractivity contribution in [2.45, 2.75) is 18.7 Å². The first-order valence-corrected chi connectivity index (χ1v) is 5.92. The Hall–Kier alpha value is 0.650. The van der Waals surface area contributed by atoms with Gasteiger partial charge < -0.3 is 5.11 Å². The number of aliphatic hydroxyl groups excluding tert-OH is 1. The maximum absolute atomic E-state index is 9.11. The molecule has 3 heteroatoms. The Labute approximate surface area is 96.2 Å². The van der Waals surface area contributed by atoms with Gasteiger partial charge in [0.2, 0.25) is 0 Å². The van der Waals surface area contributed by atoms with Crippen LogP contribution in [0.2, 0.25) is 0 Å². The highest BCUT2D eigenvalue weighted by atomic mass is 127. The number of allylic oxidation sites excluding steroid dienone is 1. The van der Waals surface area contributed by atoms with Crippen LogP contribution in [0, 0.1) is 5.41 Å². The van der Waals surface area contributed by atoms with Crippen molar-refractivity contribution in [3.8, 4) is 0 Å². The predicted octanol–water partition coefficient (Wildman–Crippen LogP) is 3.27. The number of rotatable bonds is 4. The maximum Gasteiger partial charge on any atom is 0.0554 e.